The van der Waals surface area contributed by atoms with Crippen LogP contribution in [0.25, 0.3) is 0 Å². The highest BCUT2D eigenvalue weighted by Crippen LogP contribution is 2.17. The van der Waals surface area contributed by atoms with Crippen LogP contribution >= 0.6 is 0 Å². The van der Waals surface area contributed by atoms with Crippen LogP contribution in [0.5, 0.6) is 0 Å². The lowest BCUT2D eigenvalue weighted by molar-refractivity contribution is 0.0686. The van der Waals surface area contributed by atoms with Gasteiger partial charge < -0.3 is 9.67 Å². The van der Waals surface area contributed by atoms with Crippen molar-refractivity contribution in [2.24, 2.45) is 7.05 Å². The molecule has 2 aromatic rings. The maximum absolute atomic E-state index is 12.2. The fourth-order valence-electron chi connectivity index (χ4n) is 1.80. The second-order valence-electron chi connectivity index (χ2n) is 4.34. The summed E-state index contributed by atoms with van der Waals surface area (Å²) in [6, 6.07) is 0. The maximum Gasteiger partial charge on any atom is 0.357 e. The normalized spacial score (nSPS) is 11.7. The van der Waals surface area contributed by atoms with Gasteiger partial charge >= 0.3 is 5.97 Å². The molecule has 0 aliphatic rings. The van der Waals surface area contributed by atoms with Gasteiger partial charge in [-0.1, -0.05) is 0 Å². The largest absolute Gasteiger partial charge is 0.476 e. The lowest BCUT2D eigenvalue weighted by Gasteiger charge is -2.06. The van der Waals surface area contributed by atoms with Crippen LogP contribution in [0.2, 0.25) is 0 Å². The number of sulfonamides is 1. The number of aryl methyl sites for hydroxylation is 2. The Labute approximate surface area is 120 Å². The lowest BCUT2D eigenvalue weighted by Crippen LogP contribution is -2.28. The number of carboxylic acids is 1. The standard InChI is InChI=1S/C10H14N6O4S/c1-6-9(8(10(17)18)15-13-6)21(19,20)12-4-3-7-14-11-5-16(7)2/h5,12H,3-4H2,1-2H3,(H,13,15)(H,17,18). The van der Waals surface area contributed by atoms with Crippen molar-refractivity contribution in [1.29, 1.82) is 0 Å². The second-order valence-corrected chi connectivity index (χ2v) is 6.04. The molecule has 21 heavy (non-hydrogen) atoms. The zero-order chi connectivity index (χ0) is 15.6. The van der Waals surface area contributed by atoms with E-state index >= 15 is 0 Å². The molecule has 3 N–H and O–H groups in total. The molecule has 0 amide bonds. The van der Waals surface area contributed by atoms with Crippen molar-refractivity contribution in [3.8, 4) is 0 Å². The van der Waals surface area contributed by atoms with Crippen molar-refractivity contribution in [2.75, 3.05) is 6.54 Å². The molecule has 0 atom stereocenters. The Balaban J connectivity index is 2.14. The Hall–Kier alpha value is -2.27. The van der Waals surface area contributed by atoms with E-state index in [0.717, 1.165) is 0 Å². The van der Waals surface area contributed by atoms with Gasteiger partial charge in [-0.3, -0.25) is 5.10 Å². The van der Waals surface area contributed by atoms with Crippen molar-refractivity contribution in [3.05, 3.63) is 23.5 Å². The van der Waals surface area contributed by atoms with Gasteiger partial charge in [0.15, 0.2) is 5.69 Å². The van der Waals surface area contributed by atoms with Gasteiger partial charge in [-0.05, 0) is 6.92 Å². The van der Waals surface area contributed by atoms with Gasteiger partial charge in [-0.15, -0.1) is 10.2 Å². The summed E-state index contributed by atoms with van der Waals surface area (Å²) >= 11 is 0. The molecule has 0 unspecified atom stereocenters. The van der Waals surface area contributed by atoms with E-state index in [-0.39, 0.29) is 17.1 Å². The molecular formula is C10H14N6O4S. The molecule has 114 valence electrons. The first-order valence-corrected chi connectivity index (χ1v) is 7.42. The summed E-state index contributed by atoms with van der Waals surface area (Å²) in [6.07, 6.45) is 1.83. The molecule has 2 rings (SSSR count). The molecule has 0 saturated heterocycles. The van der Waals surface area contributed by atoms with Gasteiger partial charge in [-0.2, -0.15) is 5.10 Å². The van der Waals surface area contributed by atoms with Crippen LogP contribution in [0.3, 0.4) is 0 Å². The summed E-state index contributed by atoms with van der Waals surface area (Å²) in [5, 5.41) is 22.3. The first kappa shape index (κ1) is 15.1. The molecule has 0 aliphatic carbocycles. The molecule has 0 saturated carbocycles. The topological polar surface area (TPSA) is 143 Å². The van der Waals surface area contributed by atoms with Gasteiger partial charge in [-0.25, -0.2) is 17.9 Å². The average Bonchev–Trinajstić information content (AvgIpc) is 2.96. The quantitative estimate of drug-likeness (QED) is 0.624. The van der Waals surface area contributed by atoms with Gasteiger partial charge in [0, 0.05) is 20.0 Å². The van der Waals surface area contributed by atoms with Crippen molar-refractivity contribution in [2.45, 2.75) is 18.2 Å². The van der Waals surface area contributed by atoms with Gasteiger partial charge in [0.1, 0.15) is 17.0 Å². The molecule has 10 nitrogen and oxygen atoms in total. The number of nitrogens with one attached hydrogen (secondary N) is 2. The fourth-order valence-corrected chi connectivity index (χ4v) is 3.15. The van der Waals surface area contributed by atoms with Crippen molar-refractivity contribution in [1.82, 2.24) is 29.7 Å². The summed E-state index contributed by atoms with van der Waals surface area (Å²) in [7, 11) is -2.23. The molecule has 2 aromatic heterocycles. The van der Waals surface area contributed by atoms with Crippen molar-refractivity contribution >= 4 is 16.0 Å². The van der Waals surface area contributed by atoms with E-state index in [1.165, 1.54) is 13.3 Å². The zero-order valence-corrected chi connectivity index (χ0v) is 12.2. The Kier molecular flexibility index (Phi) is 4.04. The van der Waals surface area contributed by atoms with Crippen LogP contribution in [0.4, 0.5) is 0 Å². The Bertz CT molecular complexity index is 762. The van der Waals surface area contributed by atoms with E-state index < -0.39 is 21.7 Å². The monoisotopic (exact) mass is 314 g/mol. The zero-order valence-electron chi connectivity index (χ0n) is 11.4. The van der Waals surface area contributed by atoms with Gasteiger partial charge in [0.25, 0.3) is 0 Å². The SMILES string of the molecule is Cc1[nH]nc(C(=O)O)c1S(=O)(=O)NCCc1nncn1C. The van der Waals surface area contributed by atoms with E-state index in [4.69, 9.17) is 5.11 Å². The Morgan fingerprint density at radius 2 is 2.24 bits per heavy atom. The van der Waals surface area contributed by atoms with E-state index in [9.17, 15) is 13.2 Å². The summed E-state index contributed by atoms with van der Waals surface area (Å²) in [6.45, 7) is 1.51. The molecular weight excluding hydrogens is 300 g/mol. The van der Waals surface area contributed by atoms with Crippen LogP contribution in [-0.4, -0.2) is 51.0 Å². The van der Waals surface area contributed by atoms with E-state index in [1.54, 1.807) is 11.6 Å². The molecule has 0 spiro atoms. The Morgan fingerprint density at radius 3 is 2.81 bits per heavy atom. The fraction of sp³-hybridized carbons (Fsp3) is 0.400. The highest BCUT2D eigenvalue weighted by molar-refractivity contribution is 7.89. The lowest BCUT2D eigenvalue weighted by atomic mass is 10.4. The predicted molar refractivity (Wildman–Crippen MR) is 70.2 cm³/mol. The van der Waals surface area contributed by atoms with Crippen molar-refractivity contribution in [3.63, 3.8) is 0 Å². The van der Waals surface area contributed by atoms with Gasteiger partial charge in [0.2, 0.25) is 10.0 Å². The summed E-state index contributed by atoms with van der Waals surface area (Å²) < 4.78 is 28.3. The van der Waals surface area contributed by atoms with Crippen LogP contribution in [0.15, 0.2) is 11.2 Å². The minimum atomic E-state index is -3.97. The molecule has 0 fully saturated rings. The van der Waals surface area contributed by atoms with E-state index in [0.29, 0.717) is 12.2 Å². The summed E-state index contributed by atoms with van der Waals surface area (Å²) in [5.74, 6) is -0.798. The predicted octanol–water partition coefficient (Wildman–Crippen LogP) is -0.934. The number of carbonyl (C=O) groups is 1. The smallest absolute Gasteiger partial charge is 0.357 e. The van der Waals surface area contributed by atoms with Crippen molar-refractivity contribution < 1.29 is 18.3 Å². The highest BCUT2D eigenvalue weighted by Gasteiger charge is 2.27. The van der Waals surface area contributed by atoms with E-state index in [2.05, 4.69) is 25.1 Å². The third-order valence-electron chi connectivity index (χ3n) is 2.81. The number of H-pyrrole nitrogens is 1. The third kappa shape index (κ3) is 3.08. The highest BCUT2D eigenvalue weighted by atomic mass is 32.2. The average molecular weight is 314 g/mol. The number of rotatable bonds is 6. The minimum Gasteiger partial charge on any atom is -0.476 e. The molecule has 0 aliphatic heterocycles. The summed E-state index contributed by atoms with van der Waals surface area (Å²) in [5.41, 5.74) is -0.364. The number of aromatic carboxylic acids is 1. The third-order valence-corrected chi connectivity index (χ3v) is 4.43. The first-order valence-electron chi connectivity index (χ1n) is 5.93. The number of nitrogens with zero attached hydrogens (tertiary/aromatic N) is 4. The maximum atomic E-state index is 12.2. The first-order chi connectivity index (χ1) is 9.83. The van der Waals surface area contributed by atoms with Crippen LogP contribution < -0.4 is 4.72 Å². The molecule has 0 aromatic carbocycles. The minimum absolute atomic E-state index is 0.0680. The molecule has 2 heterocycles. The van der Waals surface area contributed by atoms with Crippen LogP contribution in [-0.2, 0) is 23.5 Å². The van der Waals surface area contributed by atoms with Crippen LogP contribution in [0.1, 0.15) is 22.0 Å². The van der Waals surface area contributed by atoms with Gasteiger partial charge in [0.05, 0.1) is 5.69 Å². The molecule has 11 heteroatoms. The number of aromatic amines is 1. The number of aromatic nitrogens is 5. The second kappa shape index (κ2) is 5.61. The Morgan fingerprint density at radius 1 is 1.52 bits per heavy atom. The van der Waals surface area contributed by atoms with E-state index in [1.807, 2.05) is 0 Å². The van der Waals surface area contributed by atoms with Crippen LogP contribution in [0, 0.1) is 6.92 Å². The number of carboxylic acid groups (broad SMARTS) is 1. The summed E-state index contributed by atoms with van der Waals surface area (Å²) in [4.78, 5) is 10.6. The number of hydrogen-bond acceptors (Lipinski definition) is 6. The molecule has 0 radical (unpaired) electrons. The number of hydrogen-bond donors (Lipinski definition) is 3. The molecule has 0 bridgehead atoms.